The van der Waals surface area contributed by atoms with Crippen molar-refractivity contribution in [2.75, 3.05) is 11.9 Å². The molecular weight excluding hydrogens is 359 g/mol. The Kier molecular flexibility index (Phi) is 6.59. The minimum Gasteiger partial charge on any atom is -0.489 e. The van der Waals surface area contributed by atoms with E-state index < -0.39 is 12.1 Å². The Morgan fingerprint density at radius 1 is 0.964 bits per heavy atom. The largest absolute Gasteiger partial charge is 0.489 e. The summed E-state index contributed by atoms with van der Waals surface area (Å²) in [5.41, 5.74) is 1.96. The van der Waals surface area contributed by atoms with Crippen LogP contribution in [-0.2, 0) is 6.61 Å². The zero-order valence-corrected chi connectivity index (χ0v) is 15.1. The lowest BCUT2D eigenvalue weighted by Crippen LogP contribution is -2.32. The summed E-state index contributed by atoms with van der Waals surface area (Å²) < 4.78 is 18.7. The topological polar surface area (TPSA) is 70.6 Å². The minimum absolute atomic E-state index is 0.000147. The summed E-state index contributed by atoms with van der Waals surface area (Å²) in [5, 5.41) is 15.5. The van der Waals surface area contributed by atoms with Crippen LogP contribution in [-0.4, -0.2) is 17.7 Å². The average molecular weight is 380 g/mol. The fourth-order valence-corrected chi connectivity index (χ4v) is 2.60. The van der Waals surface area contributed by atoms with Gasteiger partial charge in [-0.05, 0) is 35.9 Å². The van der Waals surface area contributed by atoms with E-state index in [0.29, 0.717) is 17.9 Å². The fourth-order valence-electron chi connectivity index (χ4n) is 2.60. The molecule has 6 heteroatoms. The van der Waals surface area contributed by atoms with Crippen molar-refractivity contribution in [3.63, 3.8) is 0 Å². The van der Waals surface area contributed by atoms with Crippen LogP contribution in [0.15, 0.2) is 78.9 Å². The molecule has 0 saturated carbocycles. The van der Waals surface area contributed by atoms with Crippen LogP contribution in [0.1, 0.15) is 17.2 Å². The highest BCUT2D eigenvalue weighted by molar-refractivity contribution is 5.90. The van der Waals surface area contributed by atoms with Crippen molar-refractivity contribution < 1.29 is 19.0 Å². The Hall–Kier alpha value is -3.38. The molecule has 5 nitrogen and oxygen atoms in total. The van der Waals surface area contributed by atoms with E-state index in [1.807, 2.05) is 48.5 Å². The zero-order chi connectivity index (χ0) is 19.8. The average Bonchev–Trinajstić information content (AvgIpc) is 2.72. The number of hydrogen-bond donors (Lipinski definition) is 3. The smallest absolute Gasteiger partial charge is 0.319 e. The predicted molar refractivity (Wildman–Crippen MR) is 106 cm³/mol. The Balaban J connectivity index is 1.54. The highest BCUT2D eigenvalue weighted by Gasteiger charge is 2.11. The summed E-state index contributed by atoms with van der Waals surface area (Å²) in [4.78, 5) is 12.2. The first kappa shape index (κ1) is 19.4. The molecule has 0 bridgehead atoms. The number of aliphatic hydroxyl groups is 1. The van der Waals surface area contributed by atoms with Crippen LogP contribution in [0.5, 0.6) is 5.75 Å². The normalized spacial score (nSPS) is 11.5. The van der Waals surface area contributed by atoms with Crippen molar-refractivity contribution >= 4 is 11.7 Å². The molecule has 1 unspecified atom stereocenters. The summed E-state index contributed by atoms with van der Waals surface area (Å²) in [5.74, 6) is 0.361. The van der Waals surface area contributed by atoms with Crippen molar-refractivity contribution in [3.05, 3.63) is 95.8 Å². The monoisotopic (exact) mass is 380 g/mol. The molecule has 2 amide bonds. The number of ether oxygens (including phenoxy) is 1. The number of para-hydroxylation sites is 2. The Bertz CT molecular complexity index is 901. The second kappa shape index (κ2) is 9.53. The molecule has 3 aromatic carbocycles. The maximum Gasteiger partial charge on any atom is 0.319 e. The molecular formula is C22H21FN2O3. The quantitative estimate of drug-likeness (QED) is 0.574. The third-order valence-electron chi connectivity index (χ3n) is 4.11. The molecule has 0 fully saturated rings. The third kappa shape index (κ3) is 5.56. The molecule has 0 aromatic heterocycles. The van der Waals surface area contributed by atoms with E-state index in [-0.39, 0.29) is 12.4 Å². The SMILES string of the molecule is O=C(NCC(O)c1ccc(F)cc1)Nc1ccccc1COc1ccccc1. The Morgan fingerprint density at radius 2 is 1.64 bits per heavy atom. The number of halogens is 1. The highest BCUT2D eigenvalue weighted by Crippen LogP contribution is 2.18. The summed E-state index contributed by atoms with van der Waals surface area (Å²) in [6, 6.07) is 21.8. The molecule has 0 saturated heterocycles. The second-order valence-corrected chi connectivity index (χ2v) is 6.16. The number of carbonyl (C=O) groups is 1. The van der Waals surface area contributed by atoms with Crippen LogP contribution in [0.4, 0.5) is 14.9 Å². The summed E-state index contributed by atoms with van der Waals surface area (Å²) in [6.45, 7) is 0.304. The van der Waals surface area contributed by atoms with Gasteiger partial charge in [0, 0.05) is 17.8 Å². The molecule has 1 atom stereocenters. The van der Waals surface area contributed by atoms with Gasteiger partial charge in [-0.25, -0.2) is 9.18 Å². The molecule has 3 aromatic rings. The van der Waals surface area contributed by atoms with Crippen LogP contribution in [0.25, 0.3) is 0 Å². The van der Waals surface area contributed by atoms with Gasteiger partial charge in [0.15, 0.2) is 0 Å². The first-order valence-electron chi connectivity index (χ1n) is 8.86. The summed E-state index contributed by atoms with van der Waals surface area (Å²) in [7, 11) is 0. The number of aliphatic hydroxyl groups excluding tert-OH is 1. The number of nitrogens with one attached hydrogen (secondary N) is 2. The summed E-state index contributed by atoms with van der Waals surface area (Å²) >= 11 is 0. The number of urea groups is 1. The molecule has 144 valence electrons. The molecule has 0 aliphatic rings. The van der Waals surface area contributed by atoms with Crippen molar-refractivity contribution in [3.8, 4) is 5.75 Å². The summed E-state index contributed by atoms with van der Waals surface area (Å²) in [6.07, 6.45) is -0.928. The van der Waals surface area contributed by atoms with Crippen LogP contribution in [0, 0.1) is 5.82 Å². The Morgan fingerprint density at radius 3 is 2.39 bits per heavy atom. The third-order valence-corrected chi connectivity index (χ3v) is 4.11. The van der Waals surface area contributed by atoms with Gasteiger partial charge in [0.2, 0.25) is 0 Å². The lowest BCUT2D eigenvalue weighted by atomic mass is 10.1. The molecule has 0 aliphatic heterocycles. The van der Waals surface area contributed by atoms with E-state index >= 15 is 0 Å². The van der Waals surface area contributed by atoms with Crippen molar-refractivity contribution in [2.45, 2.75) is 12.7 Å². The molecule has 0 radical (unpaired) electrons. The molecule has 28 heavy (non-hydrogen) atoms. The van der Waals surface area contributed by atoms with E-state index in [1.54, 1.807) is 6.07 Å². The van der Waals surface area contributed by atoms with Gasteiger partial charge >= 0.3 is 6.03 Å². The fraction of sp³-hybridized carbons (Fsp3) is 0.136. The van der Waals surface area contributed by atoms with Gasteiger partial charge < -0.3 is 20.5 Å². The number of benzene rings is 3. The van der Waals surface area contributed by atoms with Gasteiger partial charge in [0.25, 0.3) is 0 Å². The van der Waals surface area contributed by atoms with E-state index in [9.17, 15) is 14.3 Å². The van der Waals surface area contributed by atoms with Crippen LogP contribution < -0.4 is 15.4 Å². The van der Waals surface area contributed by atoms with Gasteiger partial charge in [-0.15, -0.1) is 0 Å². The van der Waals surface area contributed by atoms with Gasteiger partial charge in [-0.3, -0.25) is 0 Å². The Labute approximate surface area is 162 Å². The first-order chi connectivity index (χ1) is 13.6. The maximum atomic E-state index is 12.9. The van der Waals surface area contributed by atoms with Crippen LogP contribution in [0.2, 0.25) is 0 Å². The standard InChI is InChI=1S/C22H21FN2O3/c23-18-12-10-16(11-13-18)21(26)14-24-22(27)25-20-9-5-4-6-17(20)15-28-19-7-2-1-3-8-19/h1-13,21,26H,14-15H2,(H2,24,25,27). The lowest BCUT2D eigenvalue weighted by Gasteiger charge is -2.15. The van der Waals surface area contributed by atoms with E-state index in [4.69, 9.17) is 4.74 Å². The molecule has 3 N–H and O–H groups in total. The second-order valence-electron chi connectivity index (χ2n) is 6.16. The van der Waals surface area contributed by atoms with Crippen molar-refractivity contribution in [2.24, 2.45) is 0 Å². The number of anilines is 1. The van der Waals surface area contributed by atoms with E-state index in [1.165, 1.54) is 24.3 Å². The highest BCUT2D eigenvalue weighted by atomic mass is 19.1. The molecule has 0 heterocycles. The van der Waals surface area contributed by atoms with Crippen molar-refractivity contribution in [1.29, 1.82) is 0 Å². The van der Waals surface area contributed by atoms with Crippen molar-refractivity contribution in [1.82, 2.24) is 5.32 Å². The lowest BCUT2D eigenvalue weighted by molar-refractivity contribution is 0.175. The molecule has 0 spiro atoms. The van der Waals surface area contributed by atoms with Gasteiger partial charge in [-0.2, -0.15) is 0 Å². The molecule has 3 rings (SSSR count). The van der Waals surface area contributed by atoms with Gasteiger partial charge in [-0.1, -0.05) is 48.5 Å². The van der Waals surface area contributed by atoms with Crippen LogP contribution in [0.3, 0.4) is 0 Å². The molecule has 0 aliphatic carbocycles. The van der Waals surface area contributed by atoms with E-state index in [2.05, 4.69) is 10.6 Å². The number of hydrogen-bond acceptors (Lipinski definition) is 3. The minimum atomic E-state index is -0.928. The van der Waals surface area contributed by atoms with Gasteiger partial charge in [0.1, 0.15) is 18.2 Å². The number of amides is 2. The first-order valence-corrected chi connectivity index (χ1v) is 8.86. The maximum absolute atomic E-state index is 12.9. The van der Waals surface area contributed by atoms with Gasteiger partial charge in [0.05, 0.1) is 6.10 Å². The van der Waals surface area contributed by atoms with E-state index in [0.717, 1.165) is 11.3 Å². The van der Waals surface area contributed by atoms with Crippen LogP contribution >= 0.6 is 0 Å². The predicted octanol–water partition coefficient (Wildman–Crippen LogP) is 4.26. The number of rotatable bonds is 7. The number of carbonyl (C=O) groups excluding carboxylic acids is 1. The zero-order valence-electron chi connectivity index (χ0n) is 15.1.